The van der Waals surface area contributed by atoms with E-state index in [-0.39, 0.29) is 0 Å². The van der Waals surface area contributed by atoms with E-state index in [1.807, 2.05) is 38.1 Å². The first kappa shape index (κ1) is 21.7. The molecule has 1 unspecified atom stereocenters. The van der Waals surface area contributed by atoms with E-state index in [4.69, 9.17) is 9.15 Å². The summed E-state index contributed by atoms with van der Waals surface area (Å²) < 4.78 is 10.8. The van der Waals surface area contributed by atoms with Crippen molar-refractivity contribution < 1.29 is 14.3 Å². The predicted molar refractivity (Wildman–Crippen MR) is 107 cm³/mol. The van der Waals surface area contributed by atoms with Crippen LogP contribution in [0.1, 0.15) is 12.7 Å². The van der Waals surface area contributed by atoms with Crippen molar-refractivity contribution in [3.05, 3.63) is 24.2 Å². The van der Waals surface area contributed by atoms with Gasteiger partial charge in [0, 0.05) is 45.7 Å². The Morgan fingerprint density at radius 2 is 2.04 bits per heavy atom. The Bertz CT molecular complexity index is 540. The van der Waals surface area contributed by atoms with Gasteiger partial charge in [0.1, 0.15) is 5.76 Å². The van der Waals surface area contributed by atoms with Crippen LogP contribution in [0.4, 0.5) is 0 Å². The van der Waals surface area contributed by atoms with Crippen molar-refractivity contribution in [2.45, 2.75) is 18.9 Å². The highest BCUT2D eigenvalue weighted by molar-refractivity contribution is 5.79. The number of nitrogens with zero attached hydrogens (tertiary/aromatic N) is 3. The molecule has 0 spiro atoms. The van der Waals surface area contributed by atoms with Gasteiger partial charge in [0.2, 0.25) is 0 Å². The lowest BCUT2D eigenvalue weighted by Crippen LogP contribution is -2.46. The fourth-order valence-electron chi connectivity index (χ4n) is 3.07. The lowest BCUT2D eigenvalue weighted by molar-refractivity contribution is 0.0387. The van der Waals surface area contributed by atoms with E-state index >= 15 is 0 Å². The van der Waals surface area contributed by atoms with Crippen molar-refractivity contribution in [2.75, 3.05) is 73.1 Å². The first-order chi connectivity index (χ1) is 12.9. The summed E-state index contributed by atoms with van der Waals surface area (Å²) in [6, 6.07) is 3.86. The molecule has 2 heterocycles. The van der Waals surface area contributed by atoms with Gasteiger partial charge in [0.05, 0.1) is 31.6 Å². The van der Waals surface area contributed by atoms with Crippen molar-refractivity contribution in [3.8, 4) is 0 Å². The Labute approximate surface area is 162 Å². The Balaban J connectivity index is 1.82. The van der Waals surface area contributed by atoms with Gasteiger partial charge in [-0.05, 0) is 33.2 Å². The van der Waals surface area contributed by atoms with Crippen LogP contribution < -0.4 is 10.6 Å². The molecule has 1 fully saturated rings. The SMILES string of the molecule is CN(C)CC(C)(O)CN=C(NCCc1ccco1)NCCN1CCOCC1. The first-order valence-electron chi connectivity index (χ1n) is 9.66. The van der Waals surface area contributed by atoms with E-state index in [0.717, 1.165) is 51.6 Å². The van der Waals surface area contributed by atoms with Gasteiger partial charge in [0.25, 0.3) is 0 Å². The van der Waals surface area contributed by atoms with Crippen LogP contribution in [-0.4, -0.2) is 99.6 Å². The molecule has 2 rings (SSSR count). The largest absolute Gasteiger partial charge is 0.469 e. The van der Waals surface area contributed by atoms with Gasteiger partial charge in [-0.1, -0.05) is 0 Å². The third-order valence-electron chi connectivity index (χ3n) is 4.30. The summed E-state index contributed by atoms with van der Waals surface area (Å²) >= 11 is 0. The minimum Gasteiger partial charge on any atom is -0.469 e. The molecule has 8 heteroatoms. The number of rotatable bonds is 10. The molecule has 1 aromatic rings. The second-order valence-electron chi connectivity index (χ2n) is 7.54. The van der Waals surface area contributed by atoms with Gasteiger partial charge in [-0.25, -0.2) is 0 Å². The van der Waals surface area contributed by atoms with Crippen LogP contribution in [-0.2, 0) is 11.2 Å². The van der Waals surface area contributed by atoms with Gasteiger partial charge in [-0.2, -0.15) is 0 Å². The van der Waals surface area contributed by atoms with Gasteiger partial charge in [-0.3, -0.25) is 9.89 Å². The highest BCUT2D eigenvalue weighted by Crippen LogP contribution is 2.05. The van der Waals surface area contributed by atoms with E-state index in [1.165, 1.54) is 0 Å². The fourth-order valence-corrected chi connectivity index (χ4v) is 3.07. The maximum atomic E-state index is 10.5. The van der Waals surface area contributed by atoms with Gasteiger partial charge >= 0.3 is 0 Å². The van der Waals surface area contributed by atoms with E-state index in [0.29, 0.717) is 25.6 Å². The van der Waals surface area contributed by atoms with E-state index in [1.54, 1.807) is 6.26 Å². The minimum atomic E-state index is -0.872. The number of aliphatic imine (C=N–C) groups is 1. The molecule has 1 aromatic heterocycles. The molecule has 1 aliphatic rings. The lowest BCUT2D eigenvalue weighted by atomic mass is 10.1. The Kier molecular flexibility index (Phi) is 9.06. The van der Waals surface area contributed by atoms with E-state index < -0.39 is 5.60 Å². The molecule has 8 nitrogen and oxygen atoms in total. The molecule has 0 bridgehead atoms. The zero-order valence-electron chi connectivity index (χ0n) is 16.9. The standard InChI is InChI=1S/C19H35N5O3/c1-19(25,16-23(2)3)15-22-18(20-7-6-17-5-4-12-27-17)21-8-9-24-10-13-26-14-11-24/h4-5,12,25H,6-11,13-16H2,1-3H3,(H2,20,21,22). The zero-order valence-corrected chi connectivity index (χ0v) is 16.9. The van der Waals surface area contributed by atoms with Gasteiger partial charge < -0.3 is 29.8 Å². The highest BCUT2D eigenvalue weighted by Gasteiger charge is 2.21. The molecule has 0 aromatic carbocycles. The van der Waals surface area contributed by atoms with Gasteiger partial charge in [-0.15, -0.1) is 0 Å². The molecule has 3 N–H and O–H groups in total. The molecule has 27 heavy (non-hydrogen) atoms. The number of likely N-dealkylation sites (N-methyl/N-ethyl adjacent to an activating group) is 1. The molecule has 0 saturated carbocycles. The van der Waals surface area contributed by atoms with Crippen LogP contribution in [0.3, 0.4) is 0 Å². The quantitative estimate of drug-likeness (QED) is 0.389. The van der Waals surface area contributed by atoms with E-state index in [2.05, 4.69) is 20.5 Å². The maximum absolute atomic E-state index is 10.5. The fraction of sp³-hybridized carbons (Fsp3) is 0.737. The third kappa shape index (κ3) is 9.23. The number of hydrogen-bond donors (Lipinski definition) is 3. The highest BCUT2D eigenvalue weighted by atomic mass is 16.5. The van der Waals surface area contributed by atoms with Gasteiger partial charge in [0.15, 0.2) is 5.96 Å². The molecule has 1 aliphatic heterocycles. The van der Waals surface area contributed by atoms with Crippen LogP contribution in [0, 0.1) is 0 Å². The molecule has 0 aliphatic carbocycles. The number of ether oxygens (including phenoxy) is 1. The van der Waals surface area contributed by atoms with Crippen LogP contribution in [0.25, 0.3) is 0 Å². The summed E-state index contributed by atoms with van der Waals surface area (Å²) in [7, 11) is 3.89. The first-order valence-corrected chi connectivity index (χ1v) is 9.66. The average Bonchev–Trinajstić information content (AvgIpc) is 3.12. The summed E-state index contributed by atoms with van der Waals surface area (Å²) in [4.78, 5) is 8.93. The van der Waals surface area contributed by atoms with Crippen molar-refractivity contribution in [1.29, 1.82) is 0 Å². The minimum absolute atomic E-state index is 0.332. The number of morpholine rings is 1. The molecule has 0 radical (unpaired) electrons. The van der Waals surface area contributed by atoms with Crippen molar-refractivity contribution in [2.24, 2.45) is 4.99 Å². The maximum Gasteiger partial charge on any atom is 0.191 e. The second-order valence-corrected chi connectivity index (χ2v) is 7.54. The topological polar surface area (TPSA) is 85.5 Å². The van der Waals surface area contributed by atoms with E-state index in [9.17, 15) is 5.11 Å². The Hall–Kier alpha value is -1.61. The number of hydrogen-bond acceptors (Lipinski definition) is 6. The molecule has 1 atom stereocenters. The summed E-state index contributed by atoms with van der Waals surface area (Å²) in [6.45, 7) is 8.69. The van der Waals surface area contributed by atoms with Crippen molar-refractivity contribution in [3.63, 3.8) is 0 Å². The summed E-state index contributed by atoms with van der Waals surface area (Å²) in [6.07, 6.45) is 2.47. The second kappa shape index (κ2) is 11.3. The molecular weight excluding hydrogens is 346 g/mol. The normalized spacial score (nSPS) is 18.5. The van der Waals surface area contributed by atoms with Crippen LogP contribution in [0.2, 0.25) is 0 Å². The van der Waals surface area contributed by atoms with Crippen molar-refractivity contribution >= 4 is 5.96 Å². The zero-order chi connectivity index (χ0) is 19.5. The molecule has 1 saturated heterocycles. The summed E-state index contributed by atoms with van der Waals surface area (Å²) in [5.41, 5.74) is -0.872. The summed E-state index contributed by atoms with van der Waals surface area (Å²) in [5.74, 6) is 1.66. The molecular formula is C19H35N5O3. The number of furan rings is 1. The average molecular weight is 382 g/mol. The van der Waals surface area contributed by atoms with Crippen molar-refractivity contribution in [1.82, 2.24) is 20.4 Å². The lowest BCUT2D eigenvalue weighted by Gasteiger charge is -2.27. The Morgan fingerprint density at radius 1 is 1.30 bits per heavy atom. The van der Waals surface area contributed by atoms with Crippen LogP contribution >= 0.6 is 0 Å². The Morgan fingerprint density at radius 3 is 2.70 bits per heavy atom. The third-order valence-corrected chi connectivity index (χ3v) is 4.30. The monoisotopic (exact) mass is 381 g/mol. The molecule has 154 valence electrons. The predicted octanol–water partition coefficient (Wildman–Crippen LogP) is 0.00210. The number of guanidine groups is 1. The smallest absolute Gasteiger partial charge is 0.191 e. The van der Waals surface area contributed by atoms with Crippen LogP contribution in [0.15, 0.2) is 27.8 Å². The van der Waals surface area contributed by atoms with Crippen LogP contribution in [0.5, 0.6) is 0 Å². The number of aliphatic hydroxyl groups is 1. The number of nitrogens with one attached hydrogen (secondary N) is 2. The molecule has 0 amide bonds. The summed E-state index contributed by atoms with van der Waals surface area (Å²) in [5, 5.41) is 17.2.